The first-order valence-electron chi connectivity index (χ1n) is 6.98. The van der Waals surface area contributed by atoms with Gasteiger partial charge in [0.05, 0.1) is 15.1 Å². The van der Waals surface area contributed by atoms with Gasteiger partial charge in [-0.2, -0.15) is 0 Å². The second kappa shape index (κ2) is 8.59. The van der Waals surface area contributed by atoms with E-state index in [-0.39, 0.29) is 18.2 Å². The van der Waals surface area contributed by atoms with Crippen molar-refractivity contribution in [1.29, 1.82) is 0 Å². The molecule has 0 radical (unpaired) electrons. The van der Waals surface area contributed by atoms with Gasteiger partial charge < -0.3 is 9.84 Å². The maximum absolute atomic E-state index is 13.5. The van der Waals surface area contributed by atoms with Crippen LogP contribution in [0.4, 0.5) is 8.78 Å². The molecular weight excluding hydrogens is 464 g/mol. The minimum atomic E-state index is -0.959. The van der Waals surface area contributed by atoms with Crippen LogP contribution in [0, 0.1) is 0 Å². The number of aromatic hydroxyl groups is 1. The van der Waals surface area contributed by atoms with Crippen LogP contribution in [-0.4, -0.2) is 26.4 Å². The molecule has 9 heteroatoms. The molecule has 0 bridgehead atoms. The molecule has 1 atom stereocenters. The molecule has 5 nitrogen and oxygen atoms in total. The molecule has 1 unspecified atom stereocenters. The van der Waals surface area contributed by atoms with Crippen molar-refractivity contribution in [3.05, 3.63) is 57.4 Å². The maximum atomic E-state index is 13.5. The number of allylic oxidation sites excluding steroid dienone is 2. The highest BCUT2D eigenvalue weighted by Gasteiger charge is 2.12. The Bertz CT molecular complexity index is 791. The van der Waals surface area contributed by atoms with E-state index in [1.807, 2.05) is 0 Å². The Morgan fingerprint density at radius 2 is 1.96 bits per heavy atom. The van der Waals surface area contributed by atoms with Crippen molar-refractivity contribution in [3.8, 4) is 17.0 Å². The zero-order valence-electron chi connectivity index (χ0n) is 13.0. The van der Waals surface area contributed by atoms with E-state index in [1.165, 1.54) is 13.1 Å². The highest BCUT2D eigenvalue weighted by Crippen LogP contribution is 2.36. The minimum absolute atomic E-state index is 0.0784. The van der Waals surface area contributed by atoms with Gasteiger partial charge >= 0.3 is 0 Å². The largest absolute Gasteiger partial charge is 0.506 e. The fourth-order valence-corrected chi connectivity index (χ4v) is 2.94. The van der Waals surface area contributed by atoms with Gasteiger partial charge in [0.1, 0.15) is 35.8 Å². The lowest BCUT2D eigenvalue weighted by molar-refractivity contribution is 0.0574. The number of ether oxygens (including phenoxy) is 1. The summed E-state index contributed by atoms with van der Waals surface area (Å²) in [5, 5.41) is 17.7. The first-order chi connectivity index (χ1) is 11.8. The molecule has 0 fully saturated rings. The summed E-state index contributed by atoms with van der Waals surface area (Å²) in [6, 6.07) is 3.35. The van der Waals surface area contributed by atoms with Crippen LogP contribution in [-0.2, 0) is 11.3 Å². The molecule has 0 saturated heterocycles. The normalized spacial score (nSPS) is 12.9. The van der Waals surface area contributed by atoms with Crippen molar-refractivity contribution in [1.82, 2.24) is 15.2 Å². The maximum Gasteiger partial charge on any atom is 0.176 e. The van der Waals surface area contributed by atoms with Crippen molar-refractivity contribution in [2.24, 2.45) is 0 Å². The number of halogens is 4. The van der Waals surface area contributed by atoms with Gasteiger partial charge in [-0.1, -0.05) is 6.58 Å². The molecule has 1 N–H and O–H groups in total. The van der Waals surface area contributed by atoms with Crippen LogP contribution in [0.3, 0.4) is 0 Å². The average Bonchev–Trinajstić information content (AvgIpc) is 2.57. The van der Waals surface area contributed by atoms with E-state index in [9.17, 15) is 13.9 Å². The molecule has 132 valence electrons. The molecule has 2 aromatic rings. The molecule has 0 aliphatic carbocycles. The molecule has 1 aromatic heterocycles. The van der Waals surface area contributed by atoms with Crippen LogP contribution in [0.25, 0.3) is 11.3 Å². The van der Waals surface area contributed by atoms with Crippen LogP contribution in [0.1, 0.15) is 12.7 Å². The van der Waals surface area contributed by atoms with Crippen LogP contribution in [0.5, 0.6) is 5.75 Å². The number of rotatable bonds is 6. The molecular formula is C16H13Br2F2N3O2. The summed E-state index contributed by atoms with van der Waals surface area (Å²) in [6.07, 6.45) is 1.18. The van der Waals surface area contributed by atoms with Crippen LogP contribution < -0.4 is 0 Å². The molecule has 0 amide bonds. The third-order valence-corrected chi connectivity index (χ3v) is 4.28. The van der Waals surface area contributed by atoms with E-state index in [4.69, 9.17) is 4.74 Å². The topological polar surface area (TPSA) is 68.1 Å². The Morgan fingerprint density at radius 3 is 2.48 bits per heavy atom. The Labute approximate surface area is 159 Å². The summed E-state index contributed by atoms with van der Waals surface area (Å²) in [5.41, 5.74) is 1.17. The average molecular weight is 477 g/mol. The molecule has 0 spiro atoms. The standard InChI is InChI=1S/C16H13Br2F2N3O2/c1-8(19)3-13(20)9(2)25-7-15-21-6-14(22-23-15)10-4-11(17)16(24)12(18)5-10/h3-6,9,24H,1,7H2,2H3/b13-3+. The molecule has 1 heterocycles. The lowest BCUT2D eigenvalue weighted by Gasteiger charge is -2.10. The molecule has 1 aromatic carbocycles. The fourth-order valence-electron chi connectivity index (χ4n) is 1.76. The van der Waals surface area contributed by atoms with Crippen LogP contribution in [0.15, 0.2) is 51.6 Å². The molecule has 2 rings (SSSR count). The SMILES string of the molecule is C=C(F)/C=C(/F)C(C)OCc1ncc(-c2cc(Br)c(O)c(Br)c2)nn1. The third-order valence-electron chi connectivity index (χ3n) is 3.07. The zero-order valence-corrected chi connectivity index (χ0v) is 16.2. The lowest BCUT2D eigenvalue weighted by atomic mass is 10.1. The van der Waals surface area contributed by atoms with Gasteiger partial charge in [0.25, 0.3) is 0 Å². The van der Waals surface area contributed by atoms with Gasteiger partial charge in [-0.05, 0) is 50.9 Å². The summed E-state index contributed by atoms with van der Waals surface area (Å²) in [7, 11) is 0. The summed E-state index contributed by atoms with van der Waals surface area (Å²) in [5.74, 6) is -1.34. The highest BCUT2D eigenvalue weighted by molar-refractivity contribution is 9.11. The summed E-state index contributed by atoms with van der Waals surface area (Å²) in [4.78, 5) is 4.10. The number of benzene rings is 1. The van der Waals surface area contributed by atoms with Crippen LogP contribution in [0.2, 0.25) is 0 Å². The molecule has 0 aliphatic rings. The summed E-state index contributed by atoms with van der Waals surface area (Å²) >= 11 is 6.48. The summed E-state index contributed by atoms with van der Waals surface area (Å²) in [6.45, 7) is 4.30. The van der Waals surface area contributed by atoms with E-state index in [2.05, 4.69) is 53.6 Å². The fraction of sp³-hybridized carbons (Fsp3) is 0.188. The van der Waals surface area contributed by atoms with Crippen molar-refractivity contribution in [2.75, 3.05) is 0 Å². The van der Waals surface area contributed by atoms with Gasteiger partial charge in [-0.15, -0.1) is 10.2 Å². The predicted molar refractivity (Wildman–Crippen MR) is 96.0 cm³/mol. The van der Waals surface area contributed by atoms with E-state index in [0.717, 1.165) is 0 Å². The Kier molecular flexibility index (Phi) is 6.74. The van der Waals surface area contributed by atoms with E-state index >= 15 is 0 Å². The molecule has 0 saturated carbocycles. The minimum Gasteiger partial charge on any atom is -0.506 e. The highest BCUT2D eigenvalue weighted by atomic mass is 79.9. The van der Waals surface area contributed by atoms with Gasteiger partial charge in [0, 0.05) is 11.6 Å². The third kappa shape index (κ3) is 5.38. The van der Waals surface area contributed by atoms with Crippen LogP contribution >= 0.6 is 31.9 Å². The van der Waals surface area contributed by atoms with Gasteiger partial charge in [-0.25, -0.2) is 13.8 Å². The van der Waals surface area contributed by atoms with Crippen molar-refractivity contribution < 1.29 is 18.6 Å². The van der Waals surface area contributed by atoms with Crippen molar-refractivity contribution >= 4 is 31.9 Å². The number of nitrogens with zero attached hydrogens (tertiary/aromatic N) is 3. The lowest BCUT2D eigenvalue weighted by Crippen LogP contribution is -2.11. The quantitative estimate of drug-likeness (QED) is 0.593. The van der Waals surface area contributed by atoms with E-state index in [0.29, 0.717) is 26.3 Å². The second-order valence-electron chi connectivity index (χ2n) is 4.98. The zero-order chi connectivity index (χ0) is 18.6. The number of hydrogen-bond acceptors (Lipinski definition) is 5. The van der Waals surface area contributed by atoms with Gasteiger partial charge in [0.15, 0.2) is 5.82 Å². The second-order valence-corrected chi connectivity index (χ2v) is 6.69. The molecule has 25 heavy (non-hydrogen) atoms. The van der Waals surface area contributed by atoms with Crippen molar-refractivity contribution in [2.45, 2.75) is 19.6 Å². The number of aromatic nitrogens is 3. The molecule has 0 aliphatic heterocycles. The van der Waals surface area contributed by atoms with E-state index in [1.54, 1.807) is 12.1 Å². The van der Waals surface area contributed by atoms with Gasteiger partial charge in [0.2, 0.25) is 0 Å². The smallest absolute Gasteiger partial charge is 0.176 e. The Hall–Kier alpha value is -1.71. The first-order valence-corrected chi connectivity index (χ1v) is 8.56. The Morgan fingerprint density at radius 1 is 1.32 bits per heavy atom. The predicted octanol–water partition coefficient (Wildman–Crippen LogP) is 5.01. The Balaban J connectivity index is 2.07. The monoisotopic (exact) mass is 475 g/mol. The summed E-state index contributed by atoms with van der Waals surface area (Å²) < 4.78 is 32.3. The number of phenolic OH excluding ortho intramolecular Hbond substituents is 1. The van der Waals surface area contributed by atoms with Crippen molar-refractivity contribution in [3.63, 3.8) is 0 Å². The first kappa shape index (κ1) is 19.6. The number of hydrogen-bond donors (Lipinski definition) is 1. The number of phenols is 1. The van der Waals surface area contributed by atoms with E-state index < -0.39 is 17.8 Å². The van der Waals surface area contributed by atoms with Gasteiger partial charge in [-0.3, -0.25) is 0 Å².